The van der Waals surface area contributed by atoms with Crippen LogP contribution in [-0.2, 0) is 43.0 Å². The van der Waals surface area contributed by atoms with E-state index in [1.54, 1.807) is 30.6 Å². The molecule has 6 rings (SSSR count). The second-order valence-corrected chi connectivity index (χ2v) is 19.4. The molecule has 332 valence electrons. The van der Waals surface area contributed by atoms with E-state index in [9.17, 15) is 49.7 Å². The van der Waals surface area contributed by atoms with E-state index in [2.05, 4.69) is 15.4 Å². The number of likely N-dealkylation sites (tertiary alicyclic amines) is 2. The number of hydrogen-bond donors (Lipinski definition) is 4. The van der Waals surface area contributed by atoms with E-state index in [0.29, 0.717) is 64.0 Å². The Kier molecular flexibility index (Phi) is 16.2. The van der Waals surface area contributed by atoms with E-state index in [-0.39, 0.29) is 84.4 Å². The SMILES string of the molecule is CC(C)(C)[S@](=O)N[C@H](Cc1cc(F)c(F)cc1F)C1CCN(C(=O)CC(=O)NC2CC2)CC1.N[C@H](Cc1cc(F)c(F)cc1F)C1CCN(C(=O)CC(=O)NC2CC2)CC1. The van der Waals surface area contributed by atoms with Crippen molar-refractivity contribution in [3.8, 4) is 0 Å². The van der Waals surface area contributed by atoms with Crippen LogP contribution in [0.2, 0.25) is 0 Å². The Morgan fingerprint density at radius 1 is 0.633 bits per heavy atom. The quantitative estimate of drug-likeness (QED) is 0.121. The molecule has 0 bridgehead atoms. The number of carbonyl (C=O) groups excluding carboxylic acids is 4. The van der Waals surface area contributed by atoms with Crippen molar-refractivity contribution in [2.75, 3.05) is 26.2 Å². The summed E-state index contributed by atoms with van der Waals surface area (Å²) in [4.78, 5) is 51.6. The van der Waals surface area contributed by atoms with Gasteiger partial charge >= 0.3 is 0 Å². The van der Waals surface area contributed by atoms with Crippen molar-refractivity contribution in [3.63, 3.8) is 0 Å². The Labute approximate surface area is 349 Å². The zero-order valence-corrected chi connectivity index (χ0v) is 35.1. The van der Waals surface area contributed by atoms with Gasteiger partial charge in [0, 0.05) is 62.5 Å². The monoisotopic (exact) mass is 870 g/mol. The van der Waals surface area contributed by atoms with Gasteiger partial charge in [-0.15, -0.1) is 0 Å². The third-order valence-corrected chi connectivity index (χ3v) is 13.0. The minimum Gasteiger partial charge on any atom is -0.353 e. The minimum absolute atomic E-state index is 0.00700. The van der Waals surface area contributed by atoms with Gasteiger partial charge in [-0.25, -0.2) is 35.3 Å². The number of piperidine rings is 2. The molecule has 2 aromatic carbocycles. The third kappa shape index (κ3) is 14.0. The van der Waals surface area contributed by atoms with Gasteiger partial charge in [0.25, 0.3) is 0 Å². The lowest BCUT2D eigenvalue weighted by Gasteiger charge is -2.37. The topological polar surface area (TPSA) is 154 Å². The fraction of sp³-hybridized carbons (Fsp3) is 0.619. The van der Waals surface area contributed by atoms with Gasteiger partial charge in [-0.05, 0) is 120 Å². The average molecular weight is 871 g/mol. The van der Waals surface area contributed by atoms with E-state index in [1.807, 2.05) is 0 Å². The summed E-state index contributed by atoms with van der Waals surface area (Å²) in [6.07, 6.45) is 6.03. The summed E-state index contributed by atoms with van der Waals surface area (Å²) in [5, 5.41) is 5.60. The van der Waals surface area contributed by atoms with Crippen LogP contribution in [-0.4, -0.2) is 92.7 Å². The lowest BCUT2D eigenvalue weighted by Crippen LogP contribution is -2.49. The van der Waals surface area contributed by atoms with Crippen molar-refractivity contribution in [2.24, 2.45) is 17.6 Å². The second-order valence-electron chi connectivity index (χ2n) is 17.4. The predicted octanol–water partition coefficient (Wildman–Crippen LogP) is 4.86. The van der Waals surface area contributed by atoms with Crippen molar-refractivity contribution >= 4 is 34.6 Å². The van der Waals surface area contributed by atoms with E-state index in [4.69, 9.17) is 5.73 Å². The van der Waals surface area contributed by atoms with Crippen LogP contribution in [0.1, 0.15) is 96.1 Å². The molecule has 3 atom stereocenters. The molecular weight excluding hydrogens is 815 g/mol. The molecule has 0 aromatic heterocycles. The van der Waals surface area contributed by atoms with Crippen LogP contribution in [0.4, 0.5) is 26.3 Å². The van der Waals surface area contributed by atoms with Gasteiger partial charge in [-0.1, -0.05) is 0 Å². The maximum atomic E-state index is 14.3. The van der Waals surface area contributed by atoms with E-state index in [1.165, 1.54) is 0 Å². The van der Waals surface area contributed by atoms with Gasteiger partial charge in [0.2, 0.25) is 23.6 Å². The first-order valence-corrected chi connectivity index (χ1v) is 21.8. The first-order valence-electron chi connectivity index (χ1n) is 20.6. The highest BCUT2D eigenvalue weighted by atomic mass is 32.2. The number of nitrogens with two attached hydrogens (primary N) is 1. The van der Waals surface area contributed by atoms with E-state index < -0.39 is 62.7 Å². The van der Waals surface area contributed by atoms with Crippen LogP contribution >= 0.6 is 0 Å². The average Bonchev–Trinajstić information content (AvgIpc) is 4.14. The van der Waals surface area contributed by atoms with E-state index in [0.717, 1.165) is 37.8 Å². The Morgan fingerprint density at radius 3 is 1.42 bits per heavy atom. The number of benzene rings is 2. The standard InChI is InChI=1S/C23H32F3N3O3S.C19H24F3N3O2/c1-23(2,3)33(32)28-20(11-15-10-18(25)19(26)12-17(15)24)14-6-8-29(9-7-14)22(31)13-21(30)27-16-4-5-16;20-14-9-16(22)15(21)7-12(14)8-17(23)11-3-5-25(6-4-11)19(27)10-18(26)24-13-1-2-13/h10,12,14,16,20,28H,4-9,11,13H2,1-3H3,(H,27,30);7,9,11,13,17H,1-6,8,10,23H2,(H,24,26)/t20-,33+;17-/m11/s1. The Balaban J connectivity index is 0.000000232. The molecule has 0 unspecified atom stereocenters. The molecule has 18 heteroatoms. The van der Waals surface area contributed by atoms with Crippen LogP contribution in [0.25, 0.3) is 0 Å². The van der Waals surface area contributed by atoms with Crippen molar-refractivity contribution in [3.05, 3.63) is 70.3 Å². The fourth-order valence-electron chi connectivity index (χ4n) is 7.36. The molecule has 11 nitrogen and oxygen atoms in total. The summed E-state index contributed by atoms with van der Waals surface area (Å²) in [5.41, 5.74) is 6.21. The van der Waals surface area contributed by atoms with Crippen molar-refractivity contribution in [2.45, 2.75) is 127 Å². The lowest BCUT2D eigenvalue weighted by molar-refractivity contribution is -0.138. The minimum atomic E-state index is -1.46. The Morgan fingerprint density at radius 2 is 1.02 bits per heavy atom. The largest absolute Gasteiger partial charge is 0.353 e. The lowest BCUT2D eigenvalue weighted by atomic mass is 9.86. The van der Waals surface area contributed by atoms with Crippen molar-refractivity contribution in [1.82, 2.24) is 25.2 Å². The Bertz CT molecular complexity index is 1890. The number of hydrogen-bond acceptors (Lipinski definition) is 6. The first kappa shape index (κ1) is 47.0. The maximum absolute atomic E-state index is 14.3. The van der Waals surface area contributed by atoms with Crippen LogP contribution in [0, 0.1) is 46.7 Å². The number of carbonyl (C=O) groups is 4. The highest BCUT2D eigenvalue weighted by Crippen LogP contribution is 2.28. The van der Waals surface area contributed by atoms with Gasteiger partial charge in [0.05, 0.1) is 15.7 Å². The molecule has 2 aliphatic heterocycles. The van der Waals surface area contributed by atoms with Gasteiger partial charge in [0.15, 0.2) is 23.3 Å². The molecule has 2 saturated heterocycles. The van der Waals surface area contributed by atoms with Crippen LogP contribution < -0.4 is 21.1 Å². The highest BCUT2D eigenvalue weighted by Gasteiger charge is 2.34. The smallest absolute Gasteiger partial charge is 0.232 e. The van der Waals surface area contributed by atoms with Crippen LogP contribution in [0.5, 0.6) is 0 Å². The molecule has 4 aliphatic rings. The number of nitrogens with zero attached hydrogens (tertiary/aromatic N) is 2. The first-order chi connectivity index (χ1) is 28.3. The van der Waals surface area contributed by atoms with Gasteiger partial charge in [-0.2, -0.15) is 0 Å². The zero-order valence-electron chi connectivity index (χ0n) is 34.3. The second kappa shape index (κ2) is 20.7. The highest BCUT2D eigenvalue weighted by molar-refractivity contribution is 7.84. The Hall–Kier alpha value is -4.03. The molecule has 4 fully saturated rings. The van der Waals surface area contributed by atoms with Gasteiger partial charge in [-0.3, -0.25) is 19.2 Å². The van der Waals surface area contributed by atoms with Crippen molar-refractivity contribution < 1.29 is 49.7 Å². The summed E-state index contributed by atoms with van der Waals surface area (Å²) in [7, 11) is -1.46. The molecule has 0 radical (unpaired) electrons. The number of rotatable bonds is 14. The number of amides is 4. The summed E-state index contributed by atoms with van der Waals surface area (Å²) >= 11 is 0. The number of halogens is 6. The summed E-state index contributed by atoms with van der Waals surface area (Å²) in [6, 6.07) is 2.30. The molecule has 2 saturated carbocycles. The van der Waals surface area contributed by atoms with Crippen molar-refractivity contribution in [1.29, 1.82) is 0 Å². The third-order valence-electron chi connectivity index (χ3n) is 11.4. The molecule has 5 N–H and O–H groups in total. The normalized spacial score (nSPS) is 19.2. The molecule has 0 spiro atoms. The molecule has 2 aromatic rings. The molecular formula is C42H56F6N6O5S. The summed E-state index contributed by atoms with van der Waals surface area (Å²) in [6.45, 7) is 7.21. The molecule has 2 aliphatic carbocycles. The number of nitrogens with one attached hydrogen (secondary N) is 3. The van der Waals surface area contributed by atoms with Crippen LogP contribution in [0.15, 0.2) is 24.3 Å². The molecule has 4 amide bonds. The molecule has 60 heavy (non-hydrogen) atoms. The zero-order chi connectivity index (χ0) is 43.9. The van der Waals surface area contributed by atoms with Gasteiger partial charge < -0.3 is 26.2 Å². The van der Waals surface area contributed by atoms with Crippen LogP contribution in [0.3, 0.4) is 0 Å². The summed E-state index contributed by atoms with van der Waals surface area (Å²) in [5.74, 6) is -7.32. The fourth-order valence-corrected chi connectivity index (χ4v) is 8.26. The predicted molar refractivity (Wildman–Crippen MR) is 213 cm³/mol. The van der Waals surface area contributed by atoms with E-state index >= 15 is 0 Å². The maximum Gasteiger partial charge on any atom is 0.232 e. The summed E-state index contributed by atoms with van der Waals surface area (Å²) < 4.78 is 96.8. The molecule has 2 heterocycles. The van der Waals surface area contributed by atoms with Gasteiger partial charge in [0.1, 0.15) is 24.5 Å².